The summed E-state index contributed by atoms with van der Waals surface area (Å²) in [4.78, 5) is 12.7. The molecule has 0 aromatic heterocycles. The lowest BCUT2D eigenvalue weighted by Gasteiger charge is -2.37. The second-order valence-electron chi connectivity index (χ2n) is 5.88. The van der Waals surface area contributed by atoms with Crippen molar-refractivity contribution in [2.75, 3.05) is 19.5 Å². The van der Waals surface area contributed by atoms with Gasteiger partial charge in [-0.15, -0.1) is 0 Å². The standard InChI is InChI=1S/C17H22N2O3/c1-12-5-4-8-17(10-12,22-3)16(20)19-15-7-6-14(21-2)9-13(15)11-18/h6-7,9,12H,4-5,8,10H2,1-3H3,(H,19,20)/t12-,17+/m1/s1. The van der Waals surface area contributed by atoms with Crippen molar-refractivity contribution in [3.63, 3.8) is 0 Å². The van der Waals surface area contributed by atoms with Crippen LogP contribution in [0, 0.1) is 17.2 Å². The zero-order chi connectivity index (χ0) is 16.2. The highest BCUT2D eigenvalue weighted by molar-refractivity contribution is 5.98. The lowest BCUT2D eigenvalue weighted by Crippen LogP contribution is -2.48. The van der Waals surface area contributed by atoms with Crippen molar-refractivity contribution in [3.8, 4) is 11.8 Å². The Morgan fingerprint density at radius 2 is 2.23 bits per heavy atom. The van der Waals surface area contributed by atoms with Crippen LogP contribution in [0.3, 0.4) is 0 Å². The van der Waals surface area contributed by atoms with Crippen molar-refractivity contribution >= 4 is 11.6 Å². The number of nitrogens with one attached hydrogen (secondary N) is 1. The van der Waals surface area contributed by atoms with Gasteiger partial charge < -0.3 is 14.8 Å². The minimum Gasteiger partial charge on any atom is -0.497 e. The SMILES string of the molecule is COc1ccc(NC(=O)[C@]2(OC)CCC[C@@H](C)C2)c(C#N)c1. The Morgan fingerprint density at radius 3 is 2.82 bits per heavy atom. The van der Waals surface area contributed by atoms with Gasteiger partial charge in [-0.1, -0.05) is 13.3 Å². The van der Waals surface area contributed by atoms with Crippen LogP contribution < -0.4 is 10.1 Å². The van der Waals surface area contributed by atoms with E-state index in [4.69, 9.17) is 9.47 Å². The number of amides is 1. The third kappa shape index (κ3) is 3.23. The normalized spacial score (nSPS) is 24.4. The molecule has 1 amide bonds. The first-order valence-corrected chi connectivity index (χ1v) is 7.49. The summed E-state index contributed by atoms with van der Waals surface area (Å²) >= 11 is 0. The van der Waals surface area contributed by atoms with E-state index < -0.39 is 5.60 Å². The van der Waals surface area contributed by atoms with Crippen LogP contribution in [0.25, 0.3) is 0 Å². The molecule has 1 aliphatic rings. The Balaban J connectivity index is 2.22. The summed E-state index contributed by atoms with van der Waals surface area (Å²) in [6, 6.07) is 7.10. The van der Waals surface area contributed by atoms with Gasteiger partial charge in [0.1, 0.15) is 17.4 Å². The maximum absolute atomic E-state index is 12.7. The molecule has 0 unspecified atom stereocenters. The number of methoxy groups -OCH3 is 2. The Kier molecular flexibility index (Phi) is 5.04. The number of hydrogen-bond donors (Lipinski definition) is 1. The summed E-state index contributed by atoms with van der Waals surface area (Å²) in [5, 5.41) is 12.1. The smallest absolute Gasteiger partial charge is 0.256 e. The molecule has 118 valence electrons. The number of anilines is 1. The van der Waals surface area contributed by atoms with Gasteiger partial charge in [0.05, 0.1) is 18.4 Å². The second-order valence-corrected chi connectivity index (χ2v) is 5.88. The summed E-state index contributed by atoms with van der Waals surface area (Å²) in [5.41, 5.74) is 0.0652. The van der Waals surface area contributed by atoms with E-state index in [0.717, 1.165) is 12.8 Å². The number of carbonyl (C=O) groups excluding carboxylic acids is 1. The molecule has 1 fully saturated rings. The Labute approximate surface area is 131 Å². The molecular weight excluding hydrogens is 280 g/mol. The first-order chi connectivity index (χ1) is 10.5. The minimum atomic E-state index is -0.801. The van der Waals surface area contributed by atoms with Crippen molar-refractivity contribution in [3.05, 3.63) is 23.8 Å². The van der Waals surface area contributed by atoms with Crippen LogP contribution in [0.1, 0.15) is 38.2 Å². The van der Waals surface area contributed by atoms with Gasteiger partial charge in [-0.3, -0.25) is 4.79 Å². The van der Waals surface area contributed by atoms with Crippen molar-refractivity contribution in [1.82, 2.24) is 0 Å². The molecule has 5 heteroatoms. The fraction of sp³-hybridized carbons (Fsp3) is 0.529. The van der Waals surface area contributed by atoms with E-state index in [2.05, 4.69) is 18.3 Å². The fourth-order valence-corrected chi connectivity index (χ4v) is 3.08. The number of nitriles is 1. The zero-order valence-electron chi connectivity index (χ0n) is 13.3. The maximum Gasteiger partial charge on any atom is 0.256 e. The average Bonchev–Trinajstić information content (AvgIpc) is 2.54. The van der Waals surface area contributed by atoms with Gasteiger partial charge in [0.15, 0.2) is 0 Å². The van der Waals surface area contributed by atoms with Crippen molar-refractivity contribution in [2.24, 2.45) is 5.92 Å². The highest BCUT2D eigenvalue weighted by Crippen LogP contribution is 2.36. The fourth-order valence-electron chi connectivity index (χ4n) is 3.08. The Bertz CT molecular complexity index is 594. The third-order valence-corrected chi connectivity index (χ3v) is 4.36. The van der Waals surface area contributed by atoms with Gasteiger partial charge in [0, 0.05) is 7.11 Å². The van der Waals surface area contributed by atoms with E-state index >= 15 is 0 Å². The monoisotopic (exact) mass is 302 g/mol. The van der Waals surface area contributed by atoms with E-state index in [1.54, 1.807) is 25.3 Å². The van der Waals surface area contributed by atoms with E-state index in [1.807, 2.05) is 0 Å². The van der Waals surface area contributed by atoms with E-state index in [1.165, 1.54) is 7.11 Å². The van der Waals surface area contributed by atoms with Gasteiger partial charge in [-0.2, -0.15) is 5.26 Å². The molecule has 0 spiro atoms. The zero-order valence-corrected chi connectivity index (χ0v) is 13.3. The number of hydrogen-bond acceptors (Lipinski definition) is 4. The van der Waals surface area contributed by atoms with Crippen molar-refractivity contribution in [1.29, 1.82) is 5.26 Å². The molecule has 1 aromatic carbocycles. The van der Waals surface area contributed by atoms with E-state index in [0.29, 0.717) is 35.8 Å². The lowest BCUT2D eigenvalue weighted by atomic mass is 9.78. The van der Waals surface area contributed by atoms with Crippen molar-refractivity contribution < 1.29 is 14.3 Å². The van der Waals surface area contributed by atoms with E-state index in [9.17, 15) is 10.1 Å². The molecule has 1 N–H and O–H groups in total. The van der Waals surface area contributed by atoms with Crippen LogP contribution in [0.5, 0.6) is 5.75 Å². The molecule has 2 atom stereocenters. The molecule has 22 heavy (non-hydrogen) atoms. The second kappa shape index (κ2) is 6.80. The molecule has 2 rings (SSSR count). The molecule has 5 nitrogen and oxygen atoms in total. The Morgan fingerprint density at radius 1 is 1.45 bits per heavy atom. The van der Waals surface area contributed by atoms with Gasteiger partial charge in [0.25, 0.3) is 5.91 Å². The van der Waals surface area contributed by atoms with Crippen molar-refractivity contribution in [2.45, 2.75) is 38.2 Å². The molecule has 0 saturated heterocycles. The average molecular weight is 302 g/mol. The molecule has 0 bridgehead atoms. The molecule has 0 aliphatic heterocycles. The minimum absolute atomic E-state index is 0.178. The van der Waals surface area contributed by atoms with Gasteiger partial charge in [-0.25, -0.2) is 0 Å². The summed E-state index contributed by atoms with van der Waals surface area (Å²) < 4.78 is 10.7. The van der Waals surface area contributed by atoms with Gasteiger partial charge in [0.2, 0.25) is 0 Å². The van der Waals surface area contributed by atoms with Crippen LogP contribution in [0.15, 0.2) is 18.2 Å². The molecular formula is C17H22N2O3. The highest BCUT2D eigenvalue weighted by atomic mass is 16.5. The highest BCUT2D eigenvalue weighted by Gasteiger charge is 2.42. The number of carbonyl (C=O) groups is 1. The summed E-state index contributed by atoms with van der Waals surface area (Å²) in [7, 11) is 3.12. The summed E-state index contributed by atoms with van der Waals surface area (Å²) in [6.45, 7) is 2.13. The molecule has 1 saturated carbocycles. The Hall–Kier alpha value is -2.06. The lowest BCUT2D eigenvalue weighted by molar-refractivity contribution is -0.143. The summed E-state index contributed by atoms with van der Waals surface area (Å²) in [5.74, 6) is 0.858. The first kappa shape index (κ1) is 16.3. The largest absolute Gasteiger partial charge is 0.497 e. The quantitative estimate of drug-likeness (QED) is 0.927. The van der Waals surface area contributed by atoms with Gasteiger partial charge in [-0.05, 0) is 43.4 Å². The molecule has 1 aliphatic carbocycles. The third-order valence-electron chi connectivity index (χ3n) is 4.36. The van der Waals surface area contributed by atoms with Crippen LogP contribution in [-0.2, 0) is 9.53 Å². The maximum atomic E-state index is 12.7. The van der Waals surface area contributed by atoms with E-state index in [-0.39, 0.29) is 5.91 Å². The molecule has 0 radical (unpaired) electrons. The summed E-state index contributed by atoms with van der Waals surface area (Å²) in [6.07, 6.45) is 3.49. The predicted octanol–water partition coefficient (Wildman–Crippen LogP) is 3.10. The topological polar surface area (TPSA) is 71.3 Å². The number of rotatable bonds is 4. The van der Waals surface area contributed by atoms with Crippen LogP contribution in [0.4, 0.5) is 5.69 Å². The number of ether oxygens (including phenoxy) is 2. The predicted molar refractivity (Wildman–Crippen MR) is 83.7 cm³/mol. The van der Waals surface area contributed by atoms with Gasteiger partial charge >= 0.3 is 0 Å². The van der Waals surface area contributed by atoms with Crippen LogP contribution >= 0.6 is 0 Å². The molecule has 0 heterocycles. The first-order valence-electron chi connectivity index (χ1n) is 7.49. The van der Waals surface area contributed by atoms with Crippen LogP contribution in [0.2, 0.25) is 0 Å². The number of benzene rings is 1. The number of nitrogens with zero attached hydrogens (tertiary/aromatic N) is 1. The molecule has 1 aromatic rings. The van der Waals surface area contributed by atoms with Crippen LogP contribution in [-0.4, -0.2) is 25.7 Å².